The van der Waals surface area contributed by atoms with Crippen LogP contribution in [0, 0.1) is 0 Å². The van der Waals surface area contributed by atoms with Gasteiger partial charge in [-0.25, -0.2) is 0 Å². The van der Waals surface area contributed by atoms with Gasteiger partial charge >= 0.3 is 0 Å². The molecule has 1 aromatic carbocycles. The molecule has 0 bridgehead atoms. The fourth-order valence-corrected chi connectivity index (χ4v) is 3.24. The van der Waals surface area contributed by atoms with E-state index in [1.165, 1.54) is 0 Å². The lowest BCUT2D eigenvalue weighted by Gasteiger charge is -2.35. The second-order valence-corrected chi connectivity index (χ2v) is 6.38. The minimum Gasteiger partial charge on any atom is -0.496 e. The Labute approximate surface area is 134 Å². The average Bonchev–Trinajstić information content (AvgIpc) is 2.43. The van der Waals surface area contributed by atoms with Crippen molar-refractivity contribution in [2.24, 2.45) is 0 Å². The third-order valence-corrected chi connectivity index (χ3v) is 4.24. The van der Waals surface area contributed by atoms with Crippen LogP contribution in [0.3, 0.4) is 0 Å². The Morgan fingerprint density at radius 1 is 1.38 bits per heavy atom. The molecule has 1 amide bonds. The summed E-state index contributed by atoms with van der Waals surface area (Å²) in [6, 6.07) is 5.93. The van der Waals surface area contributed by atoms with Crippen LogP contribution in [0.5, 0.6) is 5.75 Å². The number of rotatable bonds is 4. The highest BCUT2D eigenvalue weighted by molar-refractivity contribution is 9.10. The molecule has 1 fully saturated rings. The lowest BCUT2D eigenvalue weighted by molar-refractivity contribution is -0.143. The topological polar surface area (TPSA) is 38.8 Å². The molecule has 0 aliphatic carbocycles. The van der Waals surface area contributed by atoms with E-state index in [0.29, 0.717) is 19.5 Å². The van der Waals surface area contributed by atoms with E-state index in [9.17, 15) is 4.79 Å². The first-order valence-electron chi connectivity index (χ1n) is 7.25. The zero-order valence-corrected chi connectivity index (χ0v) is 14.4. The molecule has 0 saturated carbocycles. The van der Waals surface area contributed by atoms with E-state index in [-0.39, 0.29) is 18.1 Å². The van der Waals surface area contributed by atoms with Crippen molar-refractivity contribution in [2.75, 3.05) is 20.2 Å². The molecule has 2 atom stereocenters. The van der Waals surface area contributed by atoms with Gasteiger partial charge in [-0.05, 0) is 53.9 Å². The van der Waals surface area contributed by atoms with Gasteiger partial charge in [-0.3, -0.25) is 4.79 Å². The third-order valence-electron chi connectivity index (χ3n) is 3.62. The summed E-state index contributed by atoms with van der Waals surface area (Å²) in [6.07, 6.45) is 1.50. The maximum atomic E-state index is 12.3. The number of aryl methyl sites for hydroxylation is 1. The number of methoxy groups -OCH3 is 1. The Morgan fingerprint density at radius 3 is 2.62 bits per heavy atom. The van der Waals surface area contributed by atoms with Gasteiger partial charge in [-0.1, -0.05) is 6.07 Å². The predicted octanol–water partition coefficient (Wildman–Crippen LogP) is 3.03. The zero-order valence-electron chi connectivity index (χ0n) is 12.8. The molecule has 0 N–H and O–H groups in total. The summed E-state index contributed by atoms with van der Waals surface area (Å²) < 4.78 is 11.8. The van der Waals surface area contributed by atoms with E-state index in [0.717, 1.165) is 22.2 Å². The number of benzene rings is 1. The average molecular weight is 356 g/mol. The normalized spacial score (nSPS) is 22.2. The Bertz CT molecular complexity index is 496. The quantitative estimate of drug-likeness (QED) is 0.833. The standard InChI is InChI=1S/C16H22BrNO3/c1-11-9-18(10-12(2)21-11)16(19)7-5-13-4-6-15(20-3)14(17)8-13/h4,6,8,11-12H,5,7,9-10H2,1-3H3. The largest absolute Gasteiger partial charge is 0.496 e. The molecule has 1 heterocycles. The summed E-state index contributed by atoms with van der Waals surface area (Å²) in [5, 5.41) is 0. The minimum atomic E-state index is 0.118. The molecule has 0 radical (unpaired) electrons. The molecule has 1 saturated heterocycles. The molecular formula is C16H22BrNO3. The fraction of sp³-hybridized carbons (Fsp3) is 0.562. The van der Waals surface area contributed by atoms with Crippen molar-refractivity contribution in [1.29, 1.82) is 0 Å². The van der Waals surface area contributed by atoms with Gasteiger partial charge in [0.25, 0.3) is 0 Å². The number of amides is 1. The predicted molar refractivity (Wildman–Crippen MR) is 85.6 cm³/mol. The second-order valence-electron chi connectivity index (χ2n) is 5.52. The summed E-state index contributed by atoms with van der Waals surface area (Å²) in [5.41, 5.74) is 1.13. The number of hydrogen-bond donors (Lipinski definition) is 0. The van der Waals surface area contributed by atoms with E-state index in [4.69, 9.17) is 9.47 Å². The second kappa shape index (κ2) is 7.27. The molecule has 1 aliphatic rings. The van der Waals surface area contributed by atoms with Crippen LogP contribution in [0.15, 0.2) is 22.7 Å². The van der Waals surface area contributed by atoms with Crippen LogP contribution >= 0.6 is 15.9 Å². The molecule has 0 spiro atoms. The Kier molecular flexibility index (Phi) is 5.65. The highest BCUT2D eigenvalue weighted by Crippen LogP contribution is 2.26. The molecule has 2 rings (SSSR count). The number of morpholine rings is 1. The fourth-order valence-electron chi connectivity index (χ4n) is 2.66. The van der Waals surface area contributed by atoms with E-state index in [2.05, 4.69) is 15.9 Å². The highest BCUT2D eigenvalue weighted by Gasteiger charge is 2.25. The number of nitrogens with zero attached hydrogens (tertiary/aromatic N) is 1. The van der Waals surface area contributed by atoms with Crippen LogP contribution < -0.4 is 4.74 Å². The van der Waals surface area contributed by atoms with Gasteiger partial charge in [0, 0.05) is 19.5 Å². The Balaban J connectivity index is 1.90. The molecule has 5 heteroatoms. The smallest absolute Gasteiger partial charge is 0.223 e. The first-order valence-corrected chi connectivity index (χ1v) is 8.04. The Morgan fingerprint density at radius 2 is 2.05 bits per heavy atom. The summed E-state index contributed by atoms with van der Waals surface area (Å²) in [6.45, 7) is 5.40. The van der Waals surface area contributed by atoms with Crippen LogP contribution in [0.25, 0.3) is 0 Å². The van der Waals surface area contributed by atoms with E-state index in [1.807, 2.05) is 36.9 Å². The first-order chi connectivity index (χ1) is 9.99. The number of carbonyl (C=O) groups excluding carboxylic acids is 1. The van der Waals surface area contributed by atoms with Crippen molar-refractivity contribution < 1.29 is 14.3 Å². The van der Waals surface area contributed by atoms with Crippen LogP contribution in [0.1, 0.15) is 25.8 Å². The number of halogens is 1. The van der Waals surface area contributed by atoms with Gasteiger partial charge in [0.2, 0.25) is 5.91 Å². The van der Waals surface area contributed by atoms with Crippen LogP contribution in [0.2, 0.25) is 0 Å². The lowest BCUT2D eigenvalue weighted by Crippen LogP contribution is -2.48. The molecule has 116 valence electrons. The van der Waals surface area contributed by atoms with Gasteiger partial charge in [0.05, 0.1) is 23.8 Å². The van der Waals surface area contributed by atoms with Gasteiger partial charge in [-0.15, -0.1) is 0 Å². The number of ether oxygens (including phenoxy) is 2. The monoisotopic (exact) mass is 355 g/mol. The molecule has 1 aromatic rings. The summed E-state index contributed by atoms with van der Waals surface area (Å²) in [5.74, 6) is 1.00. The van der Waals surface area contributed by atoms with E-state index < -0.39 is 0 Å². The summed E-state index contributed by atoms with van der Waals surface area (Å²) >= 11 is 3.47. The van der Waals surface area contributed by atoms with Crippen LogP contribution in [-0.4, -0.2) is 43.2 Å². The van der Waals surface area contributed by atoms with Gasteiger partial charge in [0.1, 0.15) is 5.75 Å². The van der Waals surface area contributed by atoms with Crippen molar-refractivity contribution in [1.82, 2.24) is 4.90 Å². The minimum absolute atomic E-state index is 0.118. The van der Waals surface area contributed by atoms with Crippen molar-refractivity contribution >= 4 is 21.8 Å². The van der Waals surface area contributed by atoms with Crippen molar-refractivity contribution in [3.8, 4) is 5.75 Å². The number of carbonyl (C=O) groups is 1. The van der Waals surface area contributed by atoms with Gasteiger partial charge in [-0.2, -0.15) is 0 Å². The third kappa shape index (κ3) is 4.45. The molecular weight excluding hydrogens is 334 g/mol. The van der Waals surface area contributed by atoms with Gasteiger partial charge < -0.3 is 14.4 Å². The highest BCUT2D eigenvalue weighted by atomic mass is 79.9. The Hall–Kier alpha value is -1.07. The van der Waals surface area contributed by atoms with Gasteiger partial charge in [0.15, 0.2) is 0 Å². The molecule has 0 aromatic heterocycles. The summed E-state index contributed by atoms with van der Waals surface area (Å²) in [4.78, 5) is 14.2. The molecule has 2 unspecified atom stereocenters. The lowest BCUT2D eigenvalue weighted by atomic mass is 10.1. The van der Waals surface area contributed by atoms with Crippen molar-refractivity contribution in [3.63, 3.8) is 0 Å². The maximum Gasteiger partial charge on any atom is 0.223 e. The number of hydrogen-bond acceptors (Lipinski definition) is 3. The van der Waals surface area contributed by atoms with E-state index >= 15 is 0 Å². The van der Waals surface area contributed by atoms with E-state index in [1.54, 1.807) is 7.11 Å². The first kappa shape index (κ1) is 16.3. The van der Waals surface area contributed by atoms with Crippen molar-refractivity contribution in [2.45, 2.75) is 38.9 Å². The zero-order chi connectivity index (χ0) is 15.4. The molecule has 4 nitrogen and oxygen atoms in total. The maximum absolute atomic E-state index is 12.3. The molecule has 1 aliphatic heterocycles. The molecule has 21 heavy (non-hydrogen) atoms. The summed E-state index contributed by atoms with van der Waals surface area (Å²) in [7, 11) is 1.64. The SMILES string of the molecule is COc1ccc(CCC(=O)N2CC(C)OC(C)C2)cc1Br. The van der Waals surface area contributed by atoms with Crippen LogP contribution in [-0.2, 0) is 16.0 Å². The van der Waals surface area contributed by atoms with Crippen molar-refractivity contribution in [3.05, 3.63) is 28.2 Å². The van der Waals surface area contributed by atoms with Crippen LogP contribution in [0.4, 0.5) is 0 Å².